The van der Waals surface area contributed by atoms with Crippen molar-refractivity contribution in [3.8, 4) is 0 Å². The summed E-state index contributed by atoms with van der Waals surface area (Å²) in [4.78, 5) is 2.76. The van der Waals surface area contributed by atoms with E-state index < -0.39 is 0 Å². The molecular formula is C12H15N2O+. The van der Waals surface area contributed by atoms with Crippen molar-refractivity contribution in [2.24, 2.45) is 0 Å². The number of aliphatic hydroxyl groups is 1. The molecule has 0 heterocycles. The van der Waals surface area contributed by atoms with Gasteiger partial charge in [0.15, 0.2) is 10.7 Å². The molecule has 1 aromatic carbocycles. The summed E-state index contributed by atoms with van der Waals surface area (Å²) in [5.41, 5.74) is 1.31. The molecule has 0 aromatic heterocycles. The zero-order chi connectivity index (χ0) is 10.9. The molecule has 78 valence electrons. The molecule has 3 nitrogen and oxygen atoms in total. The Kier molecular flexibility index (Phi) is 4.96. The highest BCUT2D eigenvalue weighted by Gasteiger charge is 1.99. The second kappa shape index (κ2) is 6.61. The summed E-state index contributed by atoms with van der Waals surface area (Å²) in [7, 11) is 0. The van der Waals surface area contributed by atoms with Crippen LogP contribution in [-0.2, 0) is 6.42 Å². The Morgan fingerprint density at radius 1 is 1.27 bits per heavy atom. The fraction of sp³-hybridized carbons (Fsp3) is 0.333. The van der Waals surface area contributed by atoms with Crippen LogP contribution < -0.4 is 0 Å². The highest BCUT2D eigenvalue weighted by Crippen LogP contribution is 2.09. The minimum absolute atomic E-state index is 0.130. The molecule has 1 rings (SSSR count). The van der Waals surface area contributed by atoms with Gasteiger partial charge in [-0.15, -0.1) is 0 Å². The Morgan fingerprint density at radius 2 is 2.00 bits per heavy atom. The van der Waals surface area contributed by atoms with Crippen molar-refractivity contribution >= 4 is 0 Å². The lowest BCUT2D eigenvalue weighted by Gasteiger charge is -1.99. The average Bonchev–Trinajstić information content (AvgIpc) is 2.26. The lowest BCUT2D eigenvalue weighted by molar-refractivity contribution is 0.382. The number of rotatable bonds is 5. The highest BCUT2D eigenvalue weighted by molar-refractivity contribution is 5.14. The zero-order valence-electron chi connectivity index (χ0n) is 8.63. The molecule has 0 fully saturated rings. The lowest BCUT2D eigenvalue weighted by atomic mass is 10.1. The van der Waals surface area contributed by atoms with E-state index >= 15 is 0 Å². The van der Waals surface area contributed by atoms with E-state index in [1.807, 2.05) is 18.2 Å². The number of hydrogen-bond donors (Lipinski definition) is 1. The van der Waals surface area contributed by atoms with Crippen LogP contribution in [0.25, 0.3) is 4.98 Å². The van der Waals surface area contributed by atoms with Crippen molar-refractivity contribution in [3.05, 3.63) is 52.8 Å². The van der Waals surface area contributed by atoms with Crippen molar-refractivity contribution in [2.45, 2.75) is 25.7 Å². The highest BCUT2D eigenvalue weighted by atomic mass is 16.3. The molecule has 0 radical (unpaired) electrons. The molecule has 3 heteroatoms. The second-order valence-electron chi connectivity index (χ2n) is 3.43. The number of unbranched alkanes of at least 4 members (excludes halogenated alkanes) is 1. The third-order valence-corrected chi connectivity index (χ3v) is 2.20. The third-order valence-electron chi connectivity index (χ3n) is 2.20. The van der Waals surface area contributed by atoms with Gasteiger partial charge in [-0.2, -0.15) is 0 Å². The summed E-state index contributed by atoms with van der Waals surface area (Å²) < 4.78 is 0. The molecule has 0 amide bonds. The van der Waals surface area contributed by atoms with Gasteiger partial charge in [0, 0.05) is 6.42 Å². The number of nitrogens with zero attached hydrogens (tertiary/aromatic N) is 2. The number of diazo groups is 1. The van der Waals surface area contributed by atoms with Crippen LogP contribution in [0.1, 0.15) is 24.8 Å². The van der Waals surface area contributed by atoms with Crippen molar-refractivity contribution in [2.75, 3.05) is 0 Å². The van der Waals surface area contributed by atoms with Crippen molar-refractivity contribution in [3.63, 3.8) is 0 Å². The molecule has 0 saturated carbocycles. The molecule has 0 saturated heterocycles. The fourth-order valence-electron chi connectivity index (χ4n) is 1.41. The van der Waals surface area contributed by atoms with Crippen LogP contribution in [0.3, 0.4) is 0 Å². The molecule has 0 spiro atoms. The van der Waals surface area contributed by atoms with Crippen LogP contribution in [0.15, 0.2) is 42.3 Å². The molecule has 1 aromatic rings. The van der Waals surface area contributed by atoms with Gasteiger partial charge >= 0.3 is 6.20 Å². The maximum atomic E-state index is 9.15. The van der Waals surface area contributed by atoms with Crippen LogP contribution in [0, 0.1) is 5.39 Å². The predicted molar refractivity (Wildman–Crippen MR) is 59.8 cm³/mol. The molecule has 1 N–H and O–H groups in total. The van der Waals surface area contributed by atoms with Crippen LogP contribution in [0.2, 0.25) is 0 Å². The monoisotopic (exact) mass is 203 g/mol. The maximum Gasteiger partial charge on any atom is 0.387 e. The fourth-order valence-corrected chi connectivity index (χ4v) is 1.41. The molecule has 0 aliphatic carbocycles. The quantitative estimate of drug-likeness (QED) is 0.451. The van der Waals surface area contributed by atoms with Gasteiger partial charge in [0.2, 0.25) is 5.39 Å². The molecule has 0 aliphatic rings. The first-order chi connectivity index (χ1) is 7.33. The van der Waals surface area contributed by atoms with Gasteiger partial charge in [0.25, 0.3) is 0 Å². The van der Waals surface area contributed by atoms with E-state index in [-0.39, 0.29) is 5.76 Å². The smallest absolute Gasteiger partial charge is 0.387 e. The lowest BCUT2D eigenvalue weighted by Crippen LogP contribution is -1.86. The van der Waals surface area contributed by atoms with Crippen LogP contribution >= 0.6 is 0 Å². The van der Waals surface area contributed by atoms with Gasteiger partial charge in [0.1, 0.15) is 0 Å². The van der Waals surface area contributed by atoms with E-state index in [2.05, 4.69) is 17.1 Å². The zero-order valence-corrected chi connectivity index (χ0v) is 8.63. The van der Waals surface area contributed by atoms with Crippen LogP contribution in [-0.4, -0.2) is 5.11 Å². The van der Waals surface area contributed by atoms with E-state index in [4.69, 9.17) is 10.5 Å². The van der Waals surface area contributed by atoms with E-state index in [9.17, 15) is 0 Å². The minimum atomic E-state index is 0.130. The number of aryl methyl sites for hydroxylation is 1. The maximum absolute atomic E-state index is 9.15. The summed E-state index contributed by atoms with van der Waals surface area (Å²) in [5.74, 6) is 0.130. The van der Waals surface area contributed by atoms with Gasteiger partial charge < -0.3 is 5.11 Å². The third kappa shape index (κ3) is 4.82. The summed E-state index contributed by atoms with van der Waals surface area (Å²) in [6.45, 7) is 0. The standard InChI is InChI=1S/C12H14N2O/c13-14-10-12(15)9-5-4-8-11-6-2-1-3-7-11/h1-3,6-7,10H,4-5,8-9H2/p+1/b12-10+. The van der Waals surface area contributed by atoms with E-state index in [1.165, 1.54) is 5.56 Å². The Hall–Kier alpha value is -1.82. The minimum Gasteiger partial charge on any atom is -0.505 e. The van der Waals surface area contributed by atoms with Gasteiger partial charge in [-0.1, -0.05) is 30.3 Å². The van der Waals surface area contributed by atoms with E-state index in [0.29, 0.717) is 6.42 Å². The topological polar surface area (TPSA) is 48.4 Å². The van der Waals surface area contributed by atoms with Crippen molar-refractivity contribution < 1.29 is 5.11 Å². The molecule has 0 atom stereocenters. The molecule has 0 aliphatic heterocycles. The summed E-state index contributed by atoms with van der Waals surface area (Å²) >= 11 is 0. The molecule has 0 unspecified atom stereocenters. The predicted octanol–water partition coefficient (Wildman–Crippen LogP) is 3.65. The molecule has 15 heavy (non-hydrogen) atoms. The Bertz CT molecular complexity index is 352. The van der Waals surface area contributed by atoms with E-state index in [0.717, 1.165) is 25.5 Å². The first kappa shape index (κ1) is 11.3. The SMILES string of the molecule is N#[N+]/C=C(/O)CCCCc1ccccc1. The van der Waals surface area contributed by atoms with Gasteiger partial charge in [-0.3, -0.25) is 0 Å². The van der Waals surface area contributed by atoms with Crippen LogP contribution in [0.4, 0.5) is 0 Å². The largest absolute Gasteiger partial charge is 0.505 e. The molecular weight excluding hydrogens is 188 g/mol. The van der Waals surface area contributed by atoms with Crippen molar-refractivity contribution in [1.29, 1.82) is 5.39 Å². The first-order valence-corrected chi connectivity index (χ1v) is 5.09. The van der Waals surface area contributed by atoms with Gasteiger partial charge in [-0.25, -0.2) is 0 Å². The summed E-state index contributed by atoms with van der Waals surface area (Å²) in [5, 5.41) is 17.3. The Morgan fingerprint density at radius 3 is 2.67 bits per heavy atom. The summed E-state index contributed by atoms with van der Waals surface area (Å²) in [6.07, 6.45) is 4.57. The first-order valence-electron chi connectivity index (χ1n) is 5.09. The van der Waals surface area contributed by atoms with E-state index in [1.54, 1.807) is 0 Å². The second-order valence-corrected chi connectivity index (χ2v) is 3.43. The number of allylic oxidation sites excluding steroid dienone is 1. The normalized spacial score (nSPS) is 11.0. The van der Waals surface area contributed by atoms with Gasteiger partial charge in [0.05, 0.1) is 0 Å². The average molecular weight is 203 g/mol. The Balaban J connectivity index is 2.18. The van der Waals surface area contributed by atoms with Gasteiger partial charge in [-0.05, 0) is 24.8 Å². The number of aliphatic hydroxyl groups excluding tert-OH is 1. The van der Waals surface area contributed by atoms with Crippen molar-refractivity contribution in [1.82, 2.24) is 0 Å². The summed E-state index contributed by atoms with van der Waals surface area (Å²) in [6, 6.07) is 10.2. The number of benzene rings is 1. The molecule has 0 bridgehead atoms. The Labute approximate surface area is 89.7 Å². The number of hydrogen-bond acceptors (Lipinski definition) is 2. The van der Waals surface area contributed by atoms with Crippen LogP contribution in [0.5, 0.6) is 0 Å².